The molecule has 9 rings (SSSR count). The average molecular weight is 583 g/mol. The summed E-state index contributed by atoms with van der Waals surface area (Å²) in [5, 5.41) is 2.15. The fourth-order valence-corrected chi connectivity index (χ4v) is 7.05. The third kappa shape index (κ3) is 4.00. The Morgan fingerprint density at radius 3 is 2.11 bits per heavy atom. The number of nitrogens with zero attached hydrogens (tertiary/aromatic N) is 4. The zero-order valence-electron chi connectivity index (χ0n) is 23.3. The second-order valence-electron chi connectivity index (χ2n) is 10.7. The molecule has 0 unspecified atom stereocenters. The third-order valence-electron chi connectivity index (χ3n) is 8.04. The van der Waals surface area contributed by atoms with Gasteiger partial charge in [-0.3, -0.25) is 0 Å². The molecule has 0 fully saturated rings. The van der Waals surface area contributed by atoms with Crippen LogP contribution in [0.5, 0.6) is 0 Å². The van der Waals surface area contributed by atoms with Gasteiger partial charge in [-0.15, -0.1) is 11.3 Å². The summed E-state index contributed by atoms with van der Waals surface area (Å²) < 4.78 is 8.52. The van der Waals surface area contributed by atoms with Gasteiger partial charge in [-0.25, -0.2) is 19.9 Å². The van der Waals surface area contributed by atoms with E-state index in [9.17, 15) is 0 Å². The Morgan fingerprint density at radius 2 is 1.23 bits per heavy atom. The molecule has 0 atom stereocenters. The molecule has 0 saturated carbocycles. The molecular weight excluding hydrogens is 561 g/mol. The van der Waals surface area contributed by atoms with Crippen LogP contribution in [0.3, 0.4) is 0 Å². The number of benzene rings is 5. The van der Waals surface area contributed by atoms with Crippen molar-refractivity contribution in [3.63, 3.8) is 0 Å². The molecule has 44 heavy (non-hydrogen) atoms. The van der Waals surface area contributed by atoms with Gasteiger partial charge in [0.1, 0.15) is 23.1 Å². The van der Waals surface area contributed by atoms with Crippen molar-refractivity contribution >= 4 is 53.7 Å². The summed E-state index contributed by atoms with van der Waals surface area (Å²) in [6, 6.07) is 43.6. The molecule has 0 aliphatic carbocycles. The van der Waals surface area contributed by atoms with Crippen LogP contribution in [-0.2, 0) is 0 Å². The first-order chi connectivity index (χ1) is 21.8. The number of hydrogen-bond acceptors (Lipinski definition) is 6. The van der Waals surface area contributed by atoms with Gasteiger partial charge in [0.15, 0.2) is 11.4 Å². The van der Waals surface area contributed by atoms with E-state index in [2.05, 4.69) is 94.9 Å². The van der Waals surface area contributed by atoms with Gasteiger partial charge in [-0.2, -0.15) is 0 Å². The minimum atomic E-state index is 0.700. The van der Waals surface area contributed by atoms with Crippen LogP contribution in [0.2, 0.25) is 0 Å². The second kappa shape index (κ2) is 9.93. The molecule has 0 radical (unpaired) electrons. The number of rotatable bonds is 4. The molecule has 5 aromatic carbocycles. The molecule has 0 amide bonds. The number of fused-ring (bicyclic) bond motifs is 6. The maximum absolute atomic E-state index is 6.21. The van der Waals surface area contributed by atoms with E-state index in [-0.39, 0.29) is 0 Å². The molecule has 0 bridgehead atoms. The Labute approximate surface area is 256 Å². The van der Waals surface area contributed by atoms with Gasteiger partial charge in [-0.1, -0.05) is 103 Å². The van der Waals surface area contributed by atoms with Gasteiger partial charge >= 0.3 is 0 Å². The highest BCUT2D eigenvalue weighted by atomic mass is 32.1. The average Bonchev–Trinajstić information content (AvgIpc) is 3.67. The first-order valence-corrected chi connectivity index (χ1v) is 15.2. The third-order valence-corrected chi connectivity index (χ3v) is 9.20. The first-order valence-electron chi connectivity index (χ1n) is 14.4. The Morgan fingerprint density at radius 1 is 0.500 bits per heavy atom. The highest BCUT2D eigenvalue weighted by Gasteiger charge is 2.17. The van der Waals surface area contributed by atoms with Crippen LogP contribution in [0.15, 0.2) is 138 Å². The van der Waals surface area contributed by atoms with Crippen LogP contribution in [0.25, 0.3) is 87.4 Å². The van der Waals surface area contributed by atoms with Crippen molar-refractivity contribution in [3.8, 4) is 45.0 Å². The summed E-state index contributed by atoms with van der Waals surface area (Å²) >= 11 is 1.74. The molecule has 0 aliphatic heterocycles. The van der Waals surface area contributed by atoms with Crippen molar-refractivity contribution in [2.75, 3.05) is 0 Å². The van der Waals surface area contributed by atoms with Crippen LogP contribution in [-0.4, -0.2) is 19.9 Å². The van der Waals surface area contributed by atoms with Gasteiger partial charge in [-0.05, 0) is 35.4 Å². The van der Waals surface area contributed by atoms with E-state index in [1.54, 1.807) is 17.7 Å². The van der Waals surface area contributed by atoms with E-state index in [1.807, 2.05) is 42.5 Å². The van der Waals surface area contributed by atoms with E-state index in [4.69, 9.17) is 14.4 Å². The van der Waals surface area contributed by atoms with Gasteiger partial charge in [0, 0.05) is 32.2 Å². The lowest BCUT2D eigenvalue weighted by Crippen LogP contribution is -1.93. The first kappa shape index (κ1) is 24.8. The van der Waals surface area contributed by atoms with E-state index in [0.29, 0.717) is 5.58 Å². The molecule has 4 heterocycles. The number of aromatic nitrogens is 4. The van der Waals surface area contributed by atoms with Crippen molar-refractivity contribution in [1.82, 2.24) is 19.9 Å². The summed E-state index contributed by atoms with van der Waals surface area (Å²) in [5.74, 6) is 0.732. The molecular formula is C38H22N4OS. The molecule has 206 valence electrons. The summed E-state index contributed by atoms with van der Waals surface area (Å²) in [7, 11) is 0. The minimum absolute atomic E-state index is 0.700. The molecule has 0 saturated heterocycles. The van der Waals surface area contributed by atoms with Crippen molar-refractivity contribution in [2.45, 2.75) is 0 Å². The van der Waals surface area contributed by atoms with E-state index >= 15 is 0 Å². The molecule has 0 spiro atoms. The Hall–Kier alpha value is -5.72. The quantitative estimate of drug-likeness (QED) is 0.207. The second-order valence-corrected chi connectivity index (χ2v) is 11.7. The van der Waals surface area contributed by atoms with E-state index in [1.165, 1.54) is 4.70 Å². The van der Waals surface area contributed by atoms with Gasteiger partial charge < -0.3 is 4.42 Å². The zero-order chi connectivity index (χ0) is 29.0. The number of furan rings is 1. The fourth-order valence-electron chi connectivity index (χ4n) is 5.90. The standard InChI is InChI=1S/C38H22N4OS/c1-2-9-25(10-3-1)38-41-33(37-35(42-38)29-14-5-7-16-31(29)44-37)24-19-17-23(18-20-24)26-11-8-12-27(21-26)32-36-34(40-22-39-32)28-13-4-6-15-30(28)43-36/h1-22H. The van der Waals surface area contributed by atoms with Crippen molar-refractivity contribution in [1.29, 1.82) is 0 Å². The van der Waals surface area contributed by atoms with Gasteiger partial charge in [0.25, 0.3) is 0 Å². The highest BCUT2D eigenvalue weighted by Crippen LogP contribution is 2.40. The van der Waals surface area contributed by atoms with Gasteiger partial charge in [0.05, 0.1) is 15.9 Å². The maximum Gasteiger partial charge on any atom is 0.180 e. The van der Waals surface area contributed by atoms with Gasteiger partial charge in [0.2, 0.25) is 0 Å². The Bertz CT molecular complexity index is 2500. The van der Waals surface area contributed by atoms with E-state index in [0.717, 1.165) is 77.1 Å². The Balaban J connectivity index is 1.14. The van der Waals surface area contributed by atoms with Crippen molar-refractivity contribution in [3.05, 3.63) is 134 Å². The van der Waals surface area contributed by atoms with Crippen LogP contribution >= 0.6 is 11.3 Å². The van der Waals surface area contributed by atoms with Crippen molar-refractivity contribution < 1.29 is 4.42 Å². The van der Waals surface area contributed by atoms with Crippen molar-refractivity contribution in [2.24, 2.45) is 0 Å². The predicted octanol–water partition coefficient (Wildman–Crippen LogP) is 10.2. The van der Waals surface area contributed by atoms with Crippen LogP contribution in [0.4, 0.5) is 0 Å². The largest absolute Gasteiger partial charge is 0.452 e. The summed E-state index contributed by atoms with van der Waals surface area (Å²) in [6.07, 6.45) is 1.61. The highest BCUT2D eigenvalue weighted by molar-refractivity contribution is 7.26. The lowest BCUT2D eigenvalue weighted by atomic mass is 9.99. The predicted molar refractivity (Wildman–Crippen MR) is 180 cm³/mol. The monoisotopic (exact) mass is 582 g/mol. The molecule has 4 aromatic heterocycles. The normalized spacial score (nSPS) is 11.6. The molecule has 6 heteroatoms. The summed E-state index contributed by atoms with van der Waals surface area (Å²) in [5.41, 5.74) is 10.3. The lowest BCUT2D eigenvalue weighted by molar-refractivity contribution is 0.667. The molecule has 9 aromatic rings. The minimum Gasteiger partial charge on any atom is -0.452 e. The number of hydrogen-bond donors (Lipinski definition) is 0. The lowest BCUT2D eigenvalue weighted by Gasteiger charge is -2.09. The maximum atomic E-state index is 6.21. The zero-order valence-corrected chi connectivity index (χ0v) is 24.1. The topological polar surface area (TPSA) is 64.7 Å². The molecule has 5 nitrogen and oxygen atoms in total. The van der Waals surface area contributed by atoms with Crippen LogP contribution < -0.4 is 0 Å². The summed E-state index contributed by atoms with van der Waals surface area (Å²) in [6.45, 7) is 0. The molecule has 0 N–H and O–H groups in total. The fraction of sp³-hybridized carbons (Fsp3) is 0. The summed E-state index contributed by atoms with van der Waals surface area (Å²) in [4.78, 5) is 19.3. The van der Waals surface area contributed by atoms with Crippen LogP contribution in [0, 0.1) is 0 Å². The van der Waals surface area contributed by atoms with E-state index < -0.39 is 0 Å². The smallest absolute Gasteiger partial charge is 0.180 e. The van der Waals surface area contributed by atoms with Crippen LogP contribution in [0.1, 0.15) is 0 Å². The number of thiophene rings is 1. The number of para-hydroxylation sites is 1. The molecule has 0 aliphatic rings. The Kier molecular flexibility index (Phi) is 5.61. The SMILES string of the molecule is c1ccc(-c2nc(-c3ccc(-c4cccc(-c5ncnc6c5oc5ccccc56)c4)cc3)c3sc4ccccc4c3n2)cc1.